The van der Waals surface area contributed by atoms with E-state index in [1.54, 1.807) is 30.3 Å². The highest BCUT2D eigenvalue weighted by Gasteiger charge is 2.33. The summed E-state index contributed by atoms with van der Waals surface area (Å²) in [7, 11) is 0. The number of halogens is 4. The molecule has 88 valence electrons. The predicted octanol–water partition coefficient (Wildman–Crippen LogP) is 5.03. The maximum absolute atomic E-state index is 12.7. The zero-order valence-corrected chi connectivity index (χ0v) is 9.39. The van der Waals surface area contributed by atoms with Crippen LogP contribution in [0.15, 0.2) is 48.5 Å². The van der Waals surface area contributed by atoms with E-state index >= 15 is 0 Å². The number of hydrogen-bond acceptors (Lipinski definition) is 0. The second-order valence-electron chi connectivity index (χ2n) is 3.56. The molecule has 17 heavy (non-hydrogen) atoms. The van der Waals surface area contributed by atoms with Gasteiger partial charge in [0, 0.05) is 0 Å². The molecule has 0 unspecified atom stereocenters. The third kappa shape index (κ3) is 2.61. The van der Waals surface area contributed by atoms with Gasteiger partial charge in [0.05, 0.1) is 10.6 Å². The Morgan fingerprint density at radius 2 is 1.47 bits per heavy atom. The highest BCUT2D eigenvalue weighted by molar-refractivity contribution is 6.31. The highest BCUT2D eigenvalue weighted by atomic mass is 35.5. The van der Waals surface area contributed by atoms with Crippen LogP contribution in [0.2, 0.25) is 5.02 Å². The minimum Gasteiger partial charge on any atom is -0.166 e. The summed E-state index contributed by atoms with van der Waals surface area (Å²) >= 11 is 5.55. The SMILES string of the molecule is FC(F)(F)c1cc(-c2ccccc2)ccc1Cl. The van der Waals surface area contributed by atoms with Gasteiger partial charge < -0.3 is 0 Å². The van der Waals surface area contributed by atoms with Crippen LogP contribution in [0.4, 0.5) is 13.2 Å². The summed E-state index contributed by atoms with van der Waals surface area (Å²) < 4.78 is 38.0. The highest BCUT2D eigenvalue weighted by Crippen LogP contribution is 2.37. The molecule has 0 radical (unpaired) electrons. The van der Waals surface area contributed by atoms with Gasteiger partial charge in [-0.1, -0.05) is 48.0 Å². The molecule has 0 atom stereocenters. The monoisotopic (exact) mass is 256 g/mol. The normalized spacial score (nSPS) is 11.5. The quantitative estimate of drug-likeness (QED) is 0.672. The van der Waals surface area contributed by atoms with E-state index in [2.05, 4.69) is 0 Å². The standard InChI is InChI=1S/C13H8ClF3/c14-12-7-6-10(8-11(12)13(15,16)17)9-4-2-1-3-5-9/h1-8H. The van der Waals surface area contributed by atoms with Crippen molar-refractivity contribution < 1.29 is 13.2 Å². The Labute approximate surface area is 102 Å². The summed E-state index contributed by atoms with van der Waals surface area (Å²) in [5, 5.41) is -0.280. The molecule has 0 aliphatic carbocycles. The smallest absolute Gasteiger partial charge is 0.166 e. The molecule has 0 nitrogen and oxygen atoms in total. The second kappa shape index (κ2) is 4.41. The van der Waals surface area contributed by atoms with E-state index in [-0.39, 0.29) is 5.02 Å². The van der Waals surface area contributed by atoms with Crippen molar-refractivity contribution in [3.05, 3.63) is 59.1 Å². The van der Waals surface area contributed by atoms with Crippen LogP contribution in [0.25, 0.3) is 11.1 Å². The van der Waals surface area contributed by atoms with Gasteiger partial charge in [0.2, 0.25) is 0 Å². The Kier molecular flexibility index (Phi) is 3.11. The van der Waals surface area contributed by atoms with E-state index in [4.69, 9.17) is 11.6 Å². The van der Waals surface area contributed by atoms with Gasteiger partial charge in [-0.15, -0.1) is 0 Å². The van der Waals surface area contributed by atoms with Crippen molar-refractivity contribution in [1.29, 1.82) is 0 Å². The lowest BCUT2D eigenvalue weighted by atomic mass is 10.0. The molecular formula is C13H8ClF3. The van der Waals surface area contributed by atoms with E-state index in [1.165, 1.54) is 6.07 Å². The lowest BCUT2D eigenvalue weighted by molar-refractivity contribution is -0.137. The molecule has 0 aliphatic heterocycles. The van der Waals surface area contributed by atoms with E-state index in [0.717, 1.165) is 11.6 Å². The number of benzene rings is 2. The molecule has 2 rings (SSSR count). The van der Waals surface area contributed by atoms with Crippen molar-refractivity contribution in [2.75, 3.05) is 0 Å². The van der Waals surface area contributed by atoms with Gasteiger partial charge >= 0.3 is 6.18 Å². The van der Waals surface area contributed by atoms with E-state index < -0.39 is 11.7 Å². The summed E-state index contributed by atoms with van der Waals surface area (Å²) in [6.45, 7) is 0. The maximum atomic E-state index is 12.7. The van der Waals surface area contributed by atoms with Crippen LogP contribution in [0.3, 0.4) is 0 Å². The Bertz CT molecular complexity index is 518. The van der Waals surface area contributed by atoms with Gasteiger partial charge in [0.25, 0.3) is 0 Å². The molecule has 0 aliphatic rings. The minimum atomic E-state index is -4.43. The fourth-order valence-corrected chi connectivity index (χ4v) is 1.78. The van der Waals surface area contributed by atoms with Crippen LogP contribution in [-0.2, 0) is 6.18 Å². The van der Waals surface area contributed by atoms with Crippen molar-refractivity contribution in [3.8, 4) is 11.1 Å². The van der Waals surface area contributed by atoms with Crippen LogP contribution >= 0.6 is 11.6 Å². The number of alkyl halides is 3. The molecular weight excluding hydrogens is 249 g/mol. The summed E-state index contributed by atoms with van der Waals surface area (Å²) in [6.07, 6.45) is -4.43. The molecule has 0 spiro atoms. The topological polar surface area (TPSA) is 0 Å². The van der Waals surface area contributed by atoms with Gasteiger partial charge in [0.15, 0.2) is 0 Å². The van der Waals surface area contributed by atoms with Crippen LogP contribution in [0.5, 0.6) is 0 Å². The minimum absolute atomic E-state index is 0.280. The zero-order valence-electron chi connectivity index (χ0n) is 8.63. The number of hydrogen-bond donors (Lipinski definition) is 0. The molecule has 2 aromatic rings. The van der Waals surface area contributed by atoms with Crippen molar-refractivity contribution in [1.82, 2.24) is 0 Å². The maximum Gasteiger partial charge on any atom is 0.417 e. The molecule has 0 amide bonds. The third-order valence-electron chi connectivity index (χ3n) is 2.38. The Hall–Kier alpha value is -1.48. The average Bonchev–Trinajstić information content (AvgIpc) is 2.29. The van der Waals surface area contributed by atoms with Gasteiger partial charge in [-0.3, -0.25) is 0 Å². The average molecular weight is 257 g/mol. The van der Waals surface area contributed by atoms with Gasteiger partial charge in [-0.05, 0) is 23.3 Å². The van der Waals surface area contributed by atoms with Crippen LogP contribution in [0.1, 0.15) is 5.56 Å². The van der Waals surface area contributed by atoms with Crippen molar-refractivity contribution in [3.63, 3.8) is 0 Å². The predicted molar refractivity (Wildman–Crippen MR) is 61.9 cm³/mol. The summed E-state index contributed by atoms with van der Waals surface area (Å²) in [5.74, 6) is 0. The molecule has 0 saturated carbocycles. The fraction of sp³-hybridized carbons (Fsp3) is 0.0769. The van der Waals surface area contributed by atoms with Gasteiger partial charge in [-0.25, -0.2) is 0 Å². The molecule has 4 heteroatoms. The Morgan fingerprint density at radius 3 is 2.06 bits per heavy atom. The molecule has 0 aromatic heterocycles. The lowest BCUT2D eigenvalue weighted by Gasteiger charge is -2.11. The third-order valence-corrected chi connectivity index (χ3v) is 2.71. The summed E-state index contributed by atoms with van der Waals surface area (Å²) in [5.41, 5.74) is 0.428. The van der Waals surface area contributed by atoms with E-state index in [1.807, 2.05) is 6.07 Å². The largest absolute Gasteiger partial charge is 0.417 e. The van der Waals surface area contributed by atoms with E-state index in [0.29, 0.717) is 5.56 Å². The molecule has 2 aromatic carbocycles. The first-order chi connectivity index (χ1) is 7.98. The van der Waals surface area contributed by atoms with E-state index in [9.17, 15) is 13.2 Å². The van der Waals surface area contributed by atoms with Crippen LogP contribution < -0.4 is 0 Å². The number of rotatable bonds is 1. The van der Waals surface area contributed by atoms with Gasteiger partial charge in [0.1, 0.15) is 0 Å². The summed E-state index contributed by atoms with van der Waals surface area (Å²) in [6, 6.07) is 12.8. The molecule has 0 bridgehead atoms. The molecule has 0 fully saturated rings. The Balaban J connectivity index is 2.53. The molecule has 0 heterocycles. The molecule has 0 saturated heterocycles. The van der Waals surface area contributed by atoms with Gasteiger partial charge in [-0.2, -0.15) is 13.2 Å². The zero-order chi connectivity index (χ0) is 12.5. The first kappa shape index (κ1) is 12.0. The van der Waals surface area contributed by atoms with Crippen molar-refractivity contribution in [2.24, 2.45) is 0 Å². The lowest BCUT2D eigenvalue weighted by Crippen LogP contribution is -2.05. The summed E-state index contributed by atoms with van der Waals surface area (Å²) in [4.78, 5) is 0. The fourth-order valence-electron chi connectivity index (χ4n) is 1.55. The second-order valence-corrected chi connectivity index (χ2v) is 3.97. The Morgan fingerprint density at radius 1 is 0.824 bits per heavy atom. The van der Waals surface area contributed by atoms with Crippen LogP contribution in [0, 0.1) is 0 Å². The van der Waals surface area contributed by atoms with Crippen molar-refractivity contribution >= 4 is 11.6 Å². The van der Waals surface area contributed by atoms with Crippen molar-refractivity contribution in [2.45, 2.75) is 6.18 Å². The van der Waals surface area contributed by atoms with Crippen LogP contribution in [-0.4, -0.2) is 0 Å². The first-order valence-corrected chi connectivity index (χ1v) is 5.28. The first-order valence-electron chi connectivity index (χ1n) is 4.90. The molecule has 0 N–H and O–H groups in total.